The van der Waals surface area contributed by atoms with Crippen molar-refractivity contribution < 1.29 is 18.7 Å². The quantitative estimate of drug-likeness (QED) is 0.367. The molecule has 1 aliphatic heterocycles. The SMILES string of the molecule is Cc1cc(F)cc(-c2cnc3ccc(-c4ccccc4OC(=O)NCCN)cc3c2N2CCC(=O)CC2)c1. The number of nitrogens with one attached hydrogen (secondary N) is 1. The summed E-state index contributed by atoms with van der Waals surface area (Å²) in [6, 6.07) is 18.1. The summed E-state index contributed by atoms with van der Waals surface area (Å²) in [6.07, 6.45) is 2.12. The smallest absolute Gasteiger partial charge is 0.410 e. The van der Waals surface area contributed by atoms with Crippen LogP contribution in [0.1, 0.15) is 18.4 Å². The van der Waals surface area contributed by atoms with E-state index in [0.717, 1.165) is 44.4 Å². The first kappa shape index (κ1) is 25.4. The van der Waals surface area contributed by atoms with E-state index >= 15 is 0 Å². The zero-order chi connectivity index (χ0) is 26.6. The lowest BCUT2D eigenvalue weighted by Gasteiger charge is -2.31. The van der Waals surface area contributed by atoms with Crippen molar-refractivity contribution in [3.8, 4) is 28.0 Å². The van der Waals surface area contributed by atoms with Gasteiger partial charge in [-0.1, -0.05) is 30.3 Å². The molecule has 3 aromatic carbocycles. The summed E-state index contributed by atoms with van der Waals surface area (Å²) in [5.74, 6) is 0.339. The minimum atomic E-state index is -0.576. The Balaban J connectivity index is 1.66. The summed E-state index contributed by atoms with van der Waals surface area (Å²) in [7, 11) is 0. The van der Waals surface area contributed by atoms with Gasteiger partial charge in [0, 0.05) is 61.7 Å². The number of carbonyl (C=O) groups is 2. The molecule has 7 nitrogen and oxygen atoms in total. The molecule has 0 unspecified atom stereocenters. The number of halogens is 1. The number of anilines is 1. The number of ketones is 1. The van der Waals surface area contributed by atoms with E-state index in [9.17, 15) is 14.0 Å². The van der Waals surface area contributed by atoms with Crippen molar-refractivity contribution in [2.75, 3.05) is 31.1 Å². The van der Waals surface area contributed by atoms with Gasteiger partial charge < -0.3 is 20.7 Å². The molecule has 38 heavy (non-hydrogen) atoms. The van der Waals surface area contributed by atoms with E-state index < -0.39 is 6.09 Å². The van der Waals surface area contributed by atoms with E-state index in [2.05, 4.69) is 10.2 Å². The third kappa shape index (κ3) is 5.35. The van der Waals surface area contributed by atoms with Crippen LogP contribution in [-0.4, -0.2) is 43.0 Å². The number of para-hydroxylation sites is 1. The maximum atomic E-state index is 14.4. The number of carbonyl (C=O) groups excluding carboxylic acids is 2. The van der Waals surface area contributed by atoms with Gasteiger partial charge in [0.05, 0.1) is 11.2 Å². The van der Waals surface area contributed by atoms with Crippen LogP contribution in [0.25, 0.3) is 33.2 Å². The molecule has 8 heteroatoms. The first-order chi connectivity index (χ1) is 18.4. The van der Waals surface area contributed by atoms with Gasteiger partial charge in [0.1, 0.15) is 17.3 Å². The second-order valence-corrected chi connectivity index (χ2v) is 9.40. The monoisotopic (exact) mass is 512 g/mol. The summed E-state index contributed by atoms with van der Waals surface area (Å²) >= 11 is 0. The summed E-state index contributed by atoms with van der Waals surface area (Å²) in [5.41, 5.74) is 11.1. The fourth-order valence-corrected chi connectivity index (χ4v) is 4.87. The van der Waals surface area contributed by atoms with E-state index in [4.69, 9.17) is 15.5 Å². The lowest BCUT2D eigenvalue weighted by atomic mass is 9.96. The molecule has 0 bridgehead atoms. The molecule has 2 heterocycles. The van der Waals surface area contributed by atoms with E-state index in [-0.39, 0.29) is 11.6 Å². The van der Waals surface area contributed by atoms with Crippen molar-refractivity contribution in [2.45, 2.75) is 19.8 Å². The van der Waals surface area contributed by atoms with Crippen LogP contribution in [0.15, 0.2) is 66.9 Å². The highest BCUT2D eigenvalue weighted by Gasteiger charge is 2.23. The molecule has 4 aromatic rings. The van der Waals surface area contributed by atoms with Crippen LogP contribution in [0.5, 0.6) is 5.75 Å². The Morgan fingerprint density at radius 1 is 1.05 bits per heavy atom. The van der Waals surface area contributed by atoms with Crippen LogP contribution in [0, 0.1) is 12.7 Å². The molecule has 1 aliphatic rings. The number of nitrogens with zero attached hydrogens (tertiary/aromatic N) is 2. The number of Topliss-reactive ketones (excluding diaryl/α,β-unsaturated/α-hetero) is 1. The standard InChI is InChI=1S/C30H29FN4O3/c1-19-14-21(16-22(31)15-19)26-18-34-27-7-6-20(17-25(27)29(26)35-12-8-23(36)9-13-35)24-4-2-3-5-28(24)38-30(37)33-11-10-32/h2-7,14-18H,8-13,32H2,1H3,(H,33,37). The maximum Gasteiger partial charge on any atom is 0.412 e. The molecule has 0 aliphatic carbocycles. The predicted octanol–water partition coefficient (Wildman–Crippen LogP) is 5.23. The normalized spacial score (nSPS) is 13.6. The molecule has 0 saturated carbocycles. The van der Waals surface area contributed by atoms with Gasteiger partial charge in [-0.15, -0.1) is 0 Å². The number of benzene rings is 3. The molecule has 1 saturated heterocycles. The van der Waals surface area contributed by atoms with Crippen molar-refractivity contribution in [2.24, 2.45) is 5.73 Å². The van der Waals surface area contributed by atoms with Crippen molar-refractivity contribution in [3.05, 3.63) is 78.2 Å². The lowest BCUT2D eigenvalue weighted by Crippen LogP contribution is -2.34. The van der Waals surface area contributed by atoms with Crippen LogP contribution in [-0.2, 0) is 4.79 Å². The largest absolute Gasteiger partial charge is 0.412 e. The molecule has 0 radical (unpaired) electrons. The lowest BCUT2D eigenvalue weighted by molar-refractivity contribution is -0.119. The van der Waals surface area contributed by atoms with Gasteiger partial charge in [0.2, 0.25) is 0 Å². The van der Waals surface area contributed by atoms with Gasteiger partial charge in [-0.2, -0.15) is 0 Å². The van der Waals surface area contributed by atoms with Crippen molar-refractivity contribution in [1.29, 1.82) is 0 Å². The third-order valence-electron chi connectivity index (χ3n) is 6.64. The Kier molecular flexibility index (Phi) is 7.33. The zero-order valence-electron chi connectivity index (χ0n) is 21.2. The number of hydrogen-bond donors (Lipinski definition) is 2. The highest BCUT2D eigenvalue weighted by Crippen LogP contribution is 2.40. The summed E-state index contributed by atoms with van der Waals surface area (Å²) < 4.78 is 20.0. The molecule has 1 amide bonds. The average Bonchev–Trinajstić information content (AvgIpc) is 2.91. The van der Waals surface area contributed by atoms with Crippen molar-refractivity contribution in [3.63, 3.8) is 0 Å². The number of aromatic nitrogens is 1. The van der Waals surface area contributed by atoms with Crippen LogP contribution >= 0.6 is 0 Å². The van der Waals surface area contributed by atoms with Gasteiger partial charge in [-0.3, -0.25) is 9.78 Å². The Morgan fingerprint density at radius 3 is 2.61 bits per heavy atom. The Labute approximate surface area is 220 Å². The number of piperidine rings is 1. The molecular weight excluding hydrogens is 483 g/mol. The summed E-state index contributed by atoms with van der Waals surface area (Å²) in [5, 5.41) is 3.49. The number of pyridine rings is 1. The van der Waals surface area contributed by atoms with E-state index in [0.29, 0.717) is 44.8 Å². The van der Waals surface area contributed by atoms with Crippen LogP contribution in [0.4, 0.5) is 14.9 Å². The molecule has 5 rings (SSSR count). The van der Waals surface area contributed by atoms with E-state index in [1.165, 1.54) is 12.1 Å². The zero-order valence-corrected chi connectivity index (χ0v) is 21.2. The van der Waals surface area contributed by atoms with Gasteiger partial charge in [-0.05, 0) is 53.9 Å². The van der Waals surface area contributed by atoms with Crippen LogP contribution in [0.3, 0.4) is 0 Å². The Hall–Kier alpha value is -4.30. The molecule has 1 fully saturated rings. The number of rotatable bonds is 6. The molecule has 1 aromatic heterocycles. The average molecular weight is 513 g/mol. The summed E-state index contributed by atoms with van der Waals surface area (Å²) in [4.78, 5) is 31.2. The van der Waals surface area contributed by atoms with Gasteiger partial charge in [0.15, 0.2) is 0 Å². The molecular formula is C30H29FN4O3. The fraction of sp³-hybridized carbons (Fsp3) is 0.233. The van der Waals surface area contributed by atoms with Gasteiger partial charge in [-0.25, -0.2) is 9.18 Å². The minimum Gasteiger partial charge on any atom is -0.410 e. The van der Waals surface area contributed by atoms with Crippen LogP contribution in [0.2, 0.25) is 0 Å². The Morgan fingerprint density at radius 2 is 1.84 bits per heavy atom. The topological polar surface area (TPSA) is 97.5 Å². The van der Waals surface area contributed by atoms with Crippen molar-refractivity contribution >= 4 is 28.5 Å². The van der Waals surface area contributed by atoms with Crippen molar-refractivity contribution in [1.82, 2.24) is 10.3 Å². The number of ether oxygens (including phenoxy) is 1. The minimum absolute atomic E-state index is 0.238. The Bertz CT molecular complexity index is 1490. The molecule has 3 N–H and O–H groups in total. The first-order valence-corrected chi connectivity index (χ1v) is 12.6. The molecule has 194 valence electrons. The number of nitrogens with two attached hydrogens (primary N) is 1. The van der Waals surface area contributed by atoms with Gasteiger partial charge >= 0.3 is 6.09 Å². The third-order valence-corrected chi connectivity index (χ3v) is 6.64. The maximum absolute atomic E-state index is 14.4. The highest BCUT2D eigenvalue weighted by atomic mass is 19.1. The summed E-state index contributed by atoms with van der Waals surface area (Å²) in [6.45, 7) is 3.63. The second-order valence-electron chi connectivity index (χ2n) is 9.40. The number of aryl methyl sites for hydroxylation is 1. The predicted molar refractivity (Wildman–Crippen MR) is 147 cm³/mol. The number of hydrogen-bond acceptors (Lipinski definition) is 6. The molecule has 0 atom stereocenters. The van der Waals surface area contributed by atoms with Gasteiger partial charge in [0.25, 0.3) is 0 Å². The van der Waals surface area contributed by atoms with Crippen LogP contribution < -0.4 is 20.7 Å². The fourth-order valence-electron chi connectivity index (χ4n) is 4.87. The number of amides is 1. The number of fused-ring (bicyclic) bond motifs is 1. The molecule has 0 spiro atoms. The van der Waals surface area contributed by atoms with E-state index in [1.54, 1.807) is 18.3 Å². The highest BCUT2D eigenvalue weighted by molar-refractivity contribution is 6.02. The first-order valence-electron chi connectivity index (χ1n) is 12.6. The van der Waals surface area contributed by atoms with E-state index in [1.807, 2.05) is 43.3 Å². The second kappa shape index (κ2) is 11.0.